The van der Waals surface area contributed by atoms with Crippen molar-refractivity contribution in [2.24, 2.45) is 0 Å². The molecule has 0 radical (unpaired) electrons. The SMILES string of the molecule is COC(=O)C(C)n1cccc1. The Labute approximate surface area is 65.6 Å². The molecule has 0 aliphatic rings. The minimum atomic E-state index is -0.227. The monoisotopic (exact) mass is 153 g/mol. The van der Waals surface area contributed by atoms with Gasteiger partial charge in [0.15, 0.2) is 0 Å². The molecule has 0 fully saturated rings. The van der Waals surface area contributed by atoms with E-state index < -0.39 is 0 Å². The van der Waals surface area contributed by atoms with E-state index in [1.807, 2.05) is 24.5 Å². The number of esters is 1. The fourth-order valence-corrected chi connectivity index (χ4v) is 0.898. The first kappa shape index (κ1) is 7.85. The van der Waals surface area contributed by atoms with Gasteiger partial charge in [0.1, 0.15) is 6.04 Å². The molecule has 0 bridgehead atoms. The molecule has 0 aromatic carbocycles. The third-order valence-corrected chi connectivity index (χ3v) is 1.62. The summed E-state index contributed by atoms with van der Waals surface area (Å²) in [6.45, 7) is 1.80. The van der Waals surface area contributed by atoms with Crippen LogP contribution in [-0.2, 0) is 9.53 Å². The minimum absolute atomic E-state index is 0.221. The molecule has 3 nitrogen and oxygen atoms in total. The van der Waals surface area contributed by atoms with Crippen molar-refractivity contribution in [1.29, 1.82) is 0 Å². The van der Waals surface area contributed by atoms with E-state index in [0.717, 1.165) is 0 Å². The summed E-state index contributed by atoms with van der Waals surface area (Å²) in [7, 11) is 1.39. The lowest BCUT2D eigenvalue weighted by atomic mass is 10.3. The second-order valence-corrected chi connectivity index (χ2v) is 2.33. The predicted octanol–water partition coefficient (Wildman–Crippen LogP) is 1.22. The first-order valence-corrected chi connectivity index (χ1v) is 3.46. The lowest BCUT2D eigenvalue weighted by Gasteiger charge is -2.09. The number of aromatic nitrogens is 1. The zero-order valence-corrected chi connectivity index (χ0v) is 6.65. The second-order valence-electron chi connectivity index (χ2n) is 2.33. The molecule has 60 valence electrons. The van der Waals surface area contributed by atoms with Gasteiger partial charge in [-0.1, -0.05) is 0 Å². The summed E-state index contributed by atoms with van der Waals surface area (Å²) in [5.41, 5.74) is 0. The molecule has 1 aromatic rings. The molecule has 3 heteroatoms. The van der Waals surface area contributed by atoms with Crippen LogP contribution in [-0.4, -0.2) is 17.6 Å². The standard InChI is InChI=1S/C8H11NO2/c1-7(8(10)11-2)9-5-3-4-6-9/h3-7H,1-2H3. The van der Waals surface area contributed by atoms with Gasteiger partial charge in [0, 0.05) is 12.4 Å². The average molecular weight is 153 g/mol. The van der Waals surface area contributed by atoms with Crippen LogP contribution in [0.1, 0.15) is 13.0 Å². The molecule has 1 atom stereocenters. The van der Waals surface area contributed by atoms with E-state index in [9.17, 15) is 4.79 Å². The first-order valence-electron chi connectivity index (χ1n) is 3.46. The van der Waals surface area contributed by atoms with Crippen molar-refractivity contribution in [2.75, 3.05) is 7.11 Å². The molecule has 0 aliphatic carbocycles. The van der Waals surface area contributed by atoms with E-state index in [2.05, 4.69) is 4.74 Å². The van der Waals surface area contributed by atoms with Gasteiger partial charge in [0.05, 0.1) is 7.11 Å². The van der Waals surface area contributed by atoms with Gasteiger partial charge < -0.3 is 9.30 Å². The summed E-state index contributed by atoms with van der Waals surface area (Å²) >= 11 is 0. The summed E-state index contributed by atoms with van der Waals surface area (Å²) in [5.74, 6) is -0.221. The third-order valence-electron chi connectivity index (χ3n) is 1.62. The van der Waals surface area contributed by atoms with Crippen molar-refractivity contribution in [1.82, 2.24) is 4.57 Å². The summed E-state index contributed by atoms with van der Waals surface area (Å²) in [4.78, 5) is 11.0. The van der Waals surface area contributed by atoms with Crippen molar-refractivity contribution in [2.45, 2.75) is 13.0 Å². The Balaban J connectivity index is 2.70. The molecule has 11 heavy (non-hydrogen) atoms. The lowest BCUT2D eigenvalue weighted by molar-refractivity contribution is -0.144. The number of methoxy groups -OCH3 is 1. The van der Waals surface area contributed by atoms with Crippen LogP contribution in [0.3, 0.4) is 0 Å². The number of rotatable bonds is 2. The number of carbonyl (C=O) groups is 1. The van der Waals surface area contributed by atoms with E-state index >= 15 is 0 Å². The van der Waals surface area contributed by atoms with Gasteiger partial charge in [-0.3, -0.25) is 0 Å². The highest BCUT2D eigenvalue weighted by atomic mass is 16.5. The van der Waals surface area contributed by atoms with Crippen LogP contribution in [0.4, 0.5) is 0 Å². The number of carbonyl (C=O) groups excluding carboxylic acids is 1. The van der Waals surface area contributed by atoms with E-state index in [0.29, 0.717) is 0 Å². The van der Waals surface area contributed by atoms with Crippen molar-refractivity contribution in [3.8, 4) is 0 Å². The largest absolute Gasteiger partial charge is 0.467 e. The van der Waals surface area contributed by atoms with E-state index in [4.69, 9.17) is 0 Å². The highest BCUT2D eigenvalue weighted by Crippen LogP contribution is 2.06. The molecule has 1 heterocycles. The van der Waals surface area contributed by atoms with Crippen LogP contribution in [0.2, 0.25) is 0 Å². The van der Waals surface area contributed by atoms with Gasteiger partial charge in [-0.25, -0.2) is 4.79 Å². The van der Waals surface area contributed by atoms with Crippen LogP contribution < -0.4 is 0 Å². The summed E-state index contributed by atoms with van der Waals surface area (Å²) in [6, 6.07) is 3.52. The first-order chi connectivity index (χ1) is 5.25. The van der Waals surface area contributed by atoms with E-state index in [1.165, 1.54) is 7.11 Å². The molecule has 0 saturated carbocycles. The molecule has 1 rings (SSSR count). The van der Waals surface area contributed by atoms with Gasteiger partial charge in [-0.15, -0.1) is 0 Å². The molecule has 0 aliphatic heterocycles. The molecule has 1 aromatic heterocycles. The maximum absolute atomic E-state index is 11.0. The Morgan fingerprint density at radius 1 is 1.45 bits per heavy atom. The number of hydrogen-bond donors (Lipinski definition) is 0. The minimum Gasteiger partial charge on any atom is -0.467 e. The van der Waals surface area contributed by atoms with Gasteiger partial charge in [0.25, 0.3) is 0 Å². The van der Waals surface area contributed by atoms with Crippen molar-refractivity contribution < 1.29 is 9.53 Å². The van der Waals surface area contributed by atoms with Crippen molar-refractivity contribution in [3.05, 3.63) is 24.5 Å². The van der Waals surface area contributed by atoms with Crippen molar-refractivity contribution in [3.63, 3.8) is 0 Å². The quantitative estimate of drug-likeness (QED) is 0.598. The normalized spacial score (nSPS) is 12.5. The van der Waals surface area contributed by atoms with Crippen LogP contribution in [0.15, 0.2) is 24.5 Å². The second kappa shape index (κ2) is 3.23. The zero-order valence-electron chi connectivity index (χ0n) is 6.65. The fraction of sp³-hybridized carbons (Fsp3) is 0.375. The number of nitrogens with zero attached hydrogens (tertiary/aromatic N) is 1. The predicted molar refractivity (Wildman–Crippen MR) is 41.2 cm³/mol. The smallest absolute Gasteiger partial charge is 0.328 e. The Morgan fingerprint density at radius 3 is 2.45 bits per heavy atom. The van der Waals surface area contributed by atoms with Crippen LogP contribution in [0.25, 0.3) is 0 Å². The lowest BCUT2D eigenvalue weighted by Crippen LogP contribution is -2.16. The topological polar surface area (TPSA) is 31.2 Å². The molecule has 0 spiro atoms. The highest BCUT2D eigenvalue weighted by Gasteiger charge is 2.12. The molecular formula is C8H11NO2. The number of ether oxygens (including phenoxy) is 1. The number of hydrogen-bond acceptors (Lipinski definition) is 2. The Bertz CT molecular complexity index is 228. The maximum atomic E-state index is 11.0. The van der Waals surface area contributed by atoms with E-state index in [1.54, 1.807) is 11.5 Å². The third kappa shape index (κ3) is 1.61. The zero-order chi connectivity index (χ0) is 8.27. The molecule has 0 amide bonds. The molecule has 0 N–H and O–H groups in total. The molecule has 0 saturated heterocycles. The van der Waals surface area contributed by atoms with Crippen LogP contribution >= 0.6 is 0 Å². The van der Waals surface area contributed by atoms with E-state index in [-0.39, 0.29) is 12.0 Å². The fourth-order valence-electron chi connectivity index (χ4n) is 0.898. The van der Waals surface area contributed by atoms with Crippen LogP contribution in [0.5, 0.6) is 0 Å². The van der Waals surface area contributed by atoms with Crippen LogP contribution in [0, 0.1) is 0 Å². The average Bonchev–Trinajstić information content (AvgIpc) is 2.53. The van der Waals surface area contributed by atoms with Crippen molar-refractivity contribution >= 4 is 5.97 Å². The van der Waals surface area contributed by atoms with Gasteiger partial charge in [-0.05, 0) is 19.1 Å². The Kier molecular flexibility index (Phi) is 2.31. The maximum Gasteiger partial charge on any atom is 0.328 e. The van der Waals surface area contributed by atoms with Gasteiger partial charge >= 0.3 is 5.97 Å². The molecule has 1 unspecified atom stereocenters. The summed E-state index contributed by atoms with van der Waals surface area (Å²) in [6.07, 6.45) is 3.67. The highest BCUT2D eigenvalue weighted by molar-refractivity contribution is 5.73. The Morgan fingerprint density at radius 2 is 2.00 bits per heavy atom. The Hall–Kier alpha value is -1.25. The molecular weight excluding hydrogens is 142 g/mol. The van der Waals surface area contributed by atoms with Gasteiger partial charge in [-0.2, -0.15) is 0 Å². The van der Waals surface area contributed by atoms with Gasteiger partial charge in [0.2, 0.25) is 0 Å². The summed E-state index contributed by atoms with van der Waals surface area (Å²) < 4.78 is 6.37. The summed E-state index contributed by atoms with van der Waals surface area (Å²) in [5, 5.41) is 0.